The second-order valence-corrected chi connectivity index (χ2v) is 4.66. The molecule has 8 heteroatoms. The van der Waals surface area contributed by atoms with Gasteiger partial charge in [-0.3, -0.25) is 9.59 Å². The number of benzene rings is 1. The van der Waals surface area contributed by atoms with Gasteiger partial charge in [0.15, 0.2) is 0 Å². The standard InChI is InChI=1S/C13H15N5O3/c1-7(2)15-12(19)8-3-5-9(6-4-8)16-13(20)10-11(14)18-21-17-10/h3-7H,1-2H3,(H2,14,18)(H,15,19)(H,16,20). The molecule has 0 atom stereocenters. The Bertz CT molecular complexity index is 648. The van der Waals surface area contributed by atoms with E-state index in [0.717, 1.165) is 0 Å². The fourth-order valence-electron chi connectivity index (χ4n) is 1.59. The van der Waals surface area contributed by atoms with Crippen molar-refractivity contribution in [3.63, 3.8) is 0 Å². The van der Waals surface area contributed by atoms with Gasteiger partial charge in [0.1, 0.15) is 0 Å². The van der Waals surface area contributed by atoms with Gasteiger partial charge in [0.25, 0.3) is 11.8 Å². The zero-order valence-corrected chi connectivity index (χ0v) is 11.6. The number of hydrogen-bond donors (Lipinski definition) is 3. The maximum atomic E-state index is 11.8. The van der Waals surface area contributed by atoms with Crippen molar-refractivity contribution in [2.24, 2.45) is 0 Å². The van der Waals surface area contributed by atoms with Crippen LogP contribution in [0.2, 0.25) is 0 Å². The summed E-state index contributed by atoms with van der Waals surface area (Å²) >= 11 is 0. The number of nitrogens with one attached hydrogen (secondary N) is 2. The van der Waals surface area contributed by atoms with Gasteiger partial charge in [0.2, 0.25) is 11.5 Å². The minimum absolute atomic E-state index is 0.0551. The first kappa shape index (κ1) is 14.5. The lowest BCUT2D eigenvalue weighted by Gasteiger charge is -2.09. The maximum absolute atomic E-state index is 11.8. The van der Waals surface area contributed by atoms with Crippen LogP contribution in [0.4, 0.5) is 11.5 Å². The lowest BCUT2D eigenvalue weighted by Crippen LogP contribution is -2.30. The zero-order chi connectivity index (χ0) is 15.4. The highest BCUT2D eigenvalue weighted by Gasteiger charge is 2.16. The van der Waals surface area contributed by atoms with Crippen LogP contribution in [0.15, 0.2) is 28.9 Å². The van der Waals surface area contributed by atoms with Crippen LogP contribution in [0.5, 0.6) is 0 Å². The molecular weight excluding hydrogens is 274 g/mol. The lowest BCUT2D eigenvalue weighted by molar-refractivity contribution is 0.0942. The second kappa shape index (κ2) is 6.04. The molecular formula is C13H15N5O3. The normalized spacial score (nSPS) is 10.4. The first-order chi connectivity index (χ1) is 9.97. The fraction of sp³-hybridized carbons (Fsp3) is 0.231. The van der Waals surface area contributed by atoms with Crippen molar-refractivity contribution in [3.8, 4) is 0 Å². The Kier molecular flexibility index (Phi) is 4.17. The van der Waals surface area contributed by atoms with Crippen molar-refractivity contribution >= 4 is 23.3 Å². The average molecular weight is 289 g/mol. The van der Waals surface area contributed by atoms with Crippen molar-refractivity contribution in [3.05, 3.63) is 35.5 Å². The van der Waals surface area contributed by atoms with E-state index in [-0.39, 0.29) is 23.5 Å². The van der Waals surface area contributed by atoms with Crippen LogP contribution in [0.3, 0.4) is 0 Å². The van der Waals surface area contributed by atoms with E-state index in [1.165, 1.54) is 0 Å². The van der Waals surface area contributed by atoms with Crippen LogP contribution in [0, 0.1) is 0 Å². The van der Waals surface area contributed by atoms with Crippen LogP contribution in [-0.4, -0.2) is 28.2 Å². The first-order valence-electron chi connectivity index (χ1n) is 6.27. The summed E-state index contributed by atoms with van der Waals surface area (Å²) in [5.74, 6) is -0.790. The third kappa shape index (κ3) is 3.56. The molecule has 1 heterocycles. The summed E-state index contributed by atoms with van der Waals surface area (Å²) in [7, 11) is 0. The summed E-state index contributed by atoms with van der Waals surface area (Å²) < 4.78 is 4.35. The Hall–Kier alpha value is -2.90. The summed E-state index contributed by atoms with van der Waals surface area (Å²) in [6, 6.07) is 6.49. The van der Waals surface area contributed by atoms with Crippen LogP contribution in [0.25, 0.3) is 0 Å². The summed E-state index contributed by atoms with van der Waals surface area (Å²) in [4.78, 5) is 23.6. The molecule has 2 aromatic rings. The van der Waals surface area contributed by atoms with E-state index >= 15 is 0 Å². The van der Waals surface area contributed by atoms with Gasteiger partial charge in [-0.1, -0.05) is 0 Å². The molecule has 0 saturated heterocycles. The Balaban J connectivity index is 2.04. The molecule has 8 nitrogen and oxygen atoms in total. The predicted molar refractivity (Wildman–Crippen MR) is 75.7 cm³/mol. The van der Waals surface area contributed by atoms with Crippen molar-refractivity contribution in [1.82, 2.24) is 15.6 Å². The van der Waals surface area contributed by atoms with E-state index in [2.05, 4.69) is 25.6 Å². The van der Waals surface area contributed by atoms with Gasteiger partial charge in [-0.05, 0) is 48.4 Å². The van der Waals surface area contributed by atoms with E-state index in [0.29, 0.717) is 11.3 Å². The number of rotatable bonds is 4. The largest absolute Gasteiger partial charge is 0.379 e. The van der Waals surface area contributed by atoms with E-state index in [4.69, 9.17) is 5.73 Å². The Morgan fingerprint density at radius 2 is 1.81 bits per heavy atom. The number of carbonyl (C=O) groups excluding carboxylic acids is 2. The third-order valence-corrected chi connectivity index (χ3v) is 2.55. The van der Waals surface area contributed by atoms with Crippen LogP contribution < -0.4 is 16.4 Å². The molecule has 0 aliphatic heterocycles. The van der Waals surface area contributed by atoms with Gasteiger partial charge >= 0.3 is 0 Å². The molecule has 1 aromatic heterocycles. The predicted octanol–water partition coefficient (Wildman–Crippen LogP) is 1.04. The number of nitrogens with zero attached hydrogens (tertiary/aromatic N) is 2. The van der Waals surface area contributed by atoms with Gasteiger partial charge in [0.05, 0.1) is 0 Å². The van der Waals surface area contributed by atoms with Gasteiger partial charge in [-0.25, -0.2) is 4.63 Å². The molecule has 0 aliphatic carbocycles. The Labute approximate surface area is 120 Å². The second-order valence-electron chi connectivity index (χ2n) is 4.66. The molecule has 110 valence electrons. The summed E-state index contributed by atoms with van der Waals surface area (Å²) in [6.45, 7) is 3.76. The van der Waals surface area contributed by atoms with Crippen molar-refractivity contribution in [2.45, 2.75) is 19.9 Å². The fourth-order valence-corrected chi connectivity index (χ4v) is 1.59. The van der Waals surface area contributed by atoms with Crippen LogP contribution in [0.1, 0.15) is 34.7 Å². The molecule has 21 heavy (non-hydrogen) atoms. The Morgan fingerprint density at radius 3 is 2.33 bits per heavy atom. The molecule has 0 spiro atoms. The van der Waals surface area contributed by atoms with E-state index in [9.17, 15) is 9.59 Å². The number of nitrogens with two attached hydrogens (primary N) is 1. The molecule has 0 bridgehead atoms. The third-order valence-electron chi connectivity index (χ3n) is 2.55. The van der Waals surface area contributed by atoms with Crippen molar-refractivity contribution in [2.75, 3.05) is 11.1 Å². The van der Waals surface area contributed by atoms with Crippen molar-refractivity contribution in [1.29, 1.82) is 0 Å². The van der Waals surface area contributed by atoms with E-state index in [1.54, 1.807) is 24.3 Å². The monoisotopic (exact) mass is 289 g/mol. The number of amides is 2. The molecule has 2 rings (SSSR count). The minimum atomic E-state index is -0.534. The SMILES string of the molecule is CC(C)NC(=O)c1ccc(NC(=O)c2nonc2N)cc1. The lowest BCUT2D eigenvalue weighted by atomic mass is 10.2. The summed E-state index contributed by atoms with van der Waals surface area (Å²) in [6.07, 6.45) is 0. The smallest absolute Gasteiger partial charge is 0.281 e. The van der Waals surface area contributed by atoms with Gasteiger partial charge in [-0.15, -0.1) is 0 Å². The molecule has 0 fully saturated rings. The quantitative estimate of drug-likeness (QED) is 0.772. The van der Waals surface area contributed by atoms with Crippen LogP contribution in [-0.2, 0) is 0 Å². The molecule has 4 N–H and O–H groups in total. The van der Waals surface area contributed by atoms with Gasteiger partial charge in [0, 0.05) is 17.3 Å². The highest BCUT2D eigenvalue weighted by molar-refractivity contribution is 6.05. The van der Waals surface area contributed by atoms with Crippen molar-refractivity contribution < 1.29 is 14.2 Å². The molecule has 2 amide bonds. The Morgan fingerprint density at radius 1 is 1.14 bits per heavy atom. The van der Waals surface area contributed by atoms with Gasteiger partial charge < -0.3 is 16.4 Å². The highest BCUT2D eigenvalue weighted by atomic mass is 16.6. The summed E-state index contributed by atoms with van der Waals surface area (Å²) in [5.41, 5.74) is 6.34. The number of aromatic nitrogens is 2. The zero-order valence-electron chi connectivity index (χ0n) is 11.6. The van der Waals surface area contributed by atoms with E-state index in [1.807, 2.05) is 13.8 Å². The number of carbonyl (C=O) groups is 2. The number of hydrogen-bond acceptors (Lipinski definition) is 6. The van der Waals surface area contributed by atoms with Crippen LogP contribution >= 0.6 is 0 Å². The number of nitrogen functional groups attached to an aromatic ring is 1. The highest BCUT2D eigenvalue weighted by Crippen LogP contribution is 2.12. The molecule has 0 radical (unpaired) electrons. The topological polar surface area (TPSA) is 123 Å². The van der Waals surface area contributed by atoms with Gasteiger partial charge in [-0.2, -0.15) is 0 Å². The molecule has 0 saturated carbocycles. The average Bonchev–Trinajstić information content (AvgIpc) is 2.85. The summed E-state index contributed by atoms with van der Waals surface area (Å²) in [5, 5.41) is 12.1. The molecule has 1 aromatic carbocycles. The van der Waals surface area contributed by atoms with E-state index < -0.39 is 5.91 Å². The molecule has 0 unspecified atom stereocenters. The molecule has 0 aliphatic rings. The minimum Gasteiger partial charge on any atom is -0.379 e. The first-order valence-corrected chi connectivity index (χ1v) is 6.27. The maximum Gasteiger partial charge on any atom is 0.281 e. The number of anilines is 2.